The highest BCUT2D eigenvalue weighted by molar-refractivity contribution is 6.30. The Balaban J connectivity index is 1.71. The second kappa shape index (κ2) is 6.02. The van der Waals surface area contributed by atoms with Gasteiger partial charge in [-0.2, -0.15) is 0 Å². The molecule has 24 heavy (non-hydrogen) atoms. The van der Waals surface area contributed by atoms with Crippen molar-refractivity contribution in [1.82, 2.24) is 9.97 Å². The largest absolute Gasteiger partial charge is 0.497 e. The number of aromatic amines is 1. The lowest BCUT2D eigenvalue weighted by molar-refractivity contribution is 0.415. The van der Waals surface area contributed by atoms with Crippen molar-refractivity contribution in [3.05, 3.63) is 70.9 Å². The molecule has 3 nitrogen and oxygen atoms in total. The summed E-state index contributed by atoms with van der Waals surface area (Å²) in [4.78, 5) is 7.63. The summed E-state index contributed by atoms with van der Waals surface area (Å²) < 4.78 is 5.18. The number of nitrogens with one attached hydrogen (secondary N) is 1. The number of rotatable bonds is 3. The van der Waals surface area contributed by atoms with E-state index in [1.54, 1.807) is 7.11 Å². The lowest BCUT2D eigenvalue weighted by Crippen LogP contribution is -1.81. The molecule has 0 radical (unpaired) electrons. The van der Waals surface area contributed by atoms with Gasteiger partial charge in [-0.05, 0) is 47.5 Å². The maximum absolute atomic E-state index is 5.97. The molecule has 4 heteroatoms. The molecule has 0 bridgehead atoms. The number of nitrogens with zero attached hydrogens (tertiary/aromatic N) is 1. The van der Waals surface area contributed by atoms with Gasteiger partial charge >= 0.3 is 0 Å². The fraction of sp³-hybridized carbons (Fsp3) is 0.0500. The SMILES string of the molecule is COc1ccc(C=Cc2ccc3[nH]c4nc(Cl)ccc4c3c2)cc1. The second-order valence-corrected chi connectivity index (χ2v) is 5.95. The minimum absolute atomic E-state index is 0.494. The molecule has 0 fully saturated rings. The van der Waals surface area contributed by atoms with Crippen molar-refractivity contribution < 1.29 is 4.74 Å². The zero-order chi connectivity index (χ0) is 16.5. The van der Waals surface area contributed by atoms with Gasteiger partial charge in [0.2, 0.25) is 0 Å². The van der Waals surface area contributed by atoms with Crippen LogP contribution in [0.5, 0.6) is 5.75 Å². The smallest absolute Gasteiger partial charge is 0.140 e. The number of benzene rings is 2. The number of fused-ring (bicyclic) bond motifs is 3. The van der Waals surface area contributed by atoms with Crippen LogP contribution in [0.25, 0.3) is 34.1 Å². The Bertz CT molecular complexity index is 1050. The molecule has 0 atom stereocenters. The zero-order valence-electron chi connectivity index (χ0n) is 13.1. The predicted octanol–water partition coefficient (Wildman–Crippen LogP) is 5.55. The highest BCUT2D eigenvalue weighted by atomic mass is 35.5. The molecule has 2 aromatic carbocycles. The molecule has 0 unspecified atom stereocenters. The number of hydrogen-bond donors (Lipinski definition) is 1. The number of methoxy groups -OCH3 is 1. The topological polar surface area (TPSA) is 37.9 Å². The highest BCUT2D eigenvalue weighted by Gasteiger charge is 2.06. The minimum atomic E-state index is 0.494. The van der Waals surface area contributed by atoms with Crippen LogP contribution in [-0.2, 0) is 0 Å². The fourth-order valence-electron chi connectivity index (χ4n) is 2.78. The van der Waals surface area contributed by atoms with Crippen LogP contribution in [0.4, 0.5) is 0 Å². The Morgan fingerprint density at radius 1 is 0.917 bits per heavy atom. The Hall–Kier alpha value is -2.78. The maximum Gasteiger partial charge on any atom is 0.140 e. The average Bonchev–Trinajstić information content (AvgIpc) is 2.97. The lowest BCUT2D eigenvalue weighted by Gasteiger charge is -1.99. The summed E-state index contributed by atoms with van der Waals surface area (Å²) in [5.41, 5.74) is 4.13. The van der Waals surface area contributed by atoms with Crippen LogP contribution in [-0.4, -0.2) is 17.1 Å². The highest BCUT2D eigenvalue weighted by Crippen LogP contribution is 2.27. The van der Waals surface area contributed by atoms with E-state index in [-0.39, 0.29) is 0 Å². The molecule has 2 heterocycles. The van der Waals surface area contributed by atoms with Gasteiger partial charge in [0.1, 0.15) is 16.5 Å². The summed E-state index contributed by atoms with van der Waals surface area (Å²) in [6, 6.07) is 18.1. The van der Waals surface area contributed by atoms with Gasteiger partial charge in [0.15, 0.2) is 0 Å². The third-order valence-electron chi connectivity index (χ3n) is 4.03. The van der Waals surface area contributed by atoms with E-state index in [0.29, 0.717) is 5.15 Å². The molecule has 1 N–H and O–H groups in total. The molecule has 2 aromatic heterocycles. The Morgan fingerprint density at radius 3 is 2.46 bits per heavy atom. The molecule has 0 amide bonds. The third-order valence-corrected chi connectivity index (χ3v) is 4.24. The van der Waals surface area contributed by atoms with Crippen LogP contribution in [0.15, 0.2) is 54.6 Å². The van der Waals surface area contributed by atoms with E-state index in [4.69, 9.17) is 16.3 Å². The third kappa shape index (κ3) is 2.74. The van der Waals surface area contributed by atoms with E-state index in [1.165, 1.54) is 0 Å². The van der Waals surface area contributed by atoms with Crippen LogP contribution < -0.4 is 4.74 Å². The van der Waals surface area contributed by atoms with Crippen LogP contribution in [0.3, 0.4) is 0 Å². The lowest BCUT2D eigenvalue weighted by atomic mass is 10.1. The first kappa shape index (κ1) is 14.8. The number of ether oxygens (including phenoxy) is 1. The summed E-state index contributed by atoms with van der Waals surface area (Å²) in [6.07, 6.45) is 4.19. The Morgan fingerprint density at radius 2 is 1.67 bits per heavy atom. The first-order valence-electron chi connectivity index (χ1n) is 7.63. The van der Waals surface area contributed by atoms with E-state index in [9.17, 15) is 0 Å². The second-order valence-electron chi connectivity index (χ2n) is 5.57. The molecule has 0 aliphatic heterocycles. The van der Waals surface area contributed by atoms with Crippen molar-refractivity contribution in [3.8, 4) is 5.75 Å². The van der Waals surface area contributed by atoms with Crippen molar-refractivity contribution >= 4 is 45.7 Å². The molecule has 4 aromatic rings. The van der Waals surface area contributed by atoms with Crippen LogP contribution in [0, 0.1) is 0 Å². The molecule has 0 saturated heterocycles. The van der Waals surface area contributed by atoms with Crippen molar-refractivity contribution in [3.63, 3.8) is 0 Å². The summed E-state index contributed by atoms with van der Waals surface area (Å²) >= 11 is 5.97. The van der Waals surface area contributed by atoms with Crippen molar-refractivity contribution in [1.29, 1.82) is 0 Å². The van der Waals surface area contributed by atoms with Crippen molar-refractivity contribution in [2.45, 2.75) is 0 Å². The number of H-pyrrole nitrogens is 1. The number of hydrogen-bond acceptors (Lipinski definition) is 2. The number of pyridine rings is 1. The Labute approximate surface area is 144 Å². The maximum atomic E-state index is 5.97. The fourth-order valence-corrected chi connectivity index (χ4v) is 2.93. The van der Waals surface area contributed by atoms with Gasteiger partial charge in [-0.1, -0.05) is 42.0 Å². The summed E-state index contributed by atoms with van der Waals surface area (Å²) in [5, 5.41) is 2.72. The summed E-state index contributed by atoms with van der Waals surface area (Å²) in [6.45, 7) is 0. The van der Waals surface area contributed by atoms with Crippen LogP contribution in [0.2, 0.25) is 5.15 Å². The van der Waals surface area contributed by atoms with E-state index in [2.05, 4.69) is 40.3 Å². The van der Waals surface area contributed by atoms with Gasteiger partial charge < -0.3 is 9.72 Å². The number of aromatic nitrogens is 2. The summed E-state index contributed by atoms with van der Waals surface area (Å²) in [5.74, 6) is 0.860. The summed E-state index contributed by atoms with van der Waals surface area (Å²) in [7, 11) is 1.67. The zero-order valence-corrected chi connectivity index (χ0v) is 13.8. The monoisotopic (exact) mass is 334 g/mol. The standard InChI is InChI=1S/C20H15ClN2O/c1-24-15-7-4-13(5-8-15)2-3-14-6-10-18-17(12-14)16-9-11-19(21)23-20(16)22-18/h2-12H,1H3,(H,22,23). The minimum Gasteiger partial charge on any atom is -0.497 e. The van der Waals surface area contributed by atoms with Gasteiger partial charge in [-0.25, -0.2) is 4.98 Å². The van der Waals surface area contributed by atoms with Gasteiger partial charge in [0, 0.05) is 16.3 Å². The van der Waals surface area contributed by atoms with Crippen LogP contribution >= 0.6 is 11.6 Å². The van der Waals surface area contributed by atoms with E-state index < -0.39 is 0 Å². The quantitative estimate of drug-likeness (QED) is 0.394. The van der Waals surface area contributed by atoms with E-state index in [0.717, 1.165) is 38.8 Å². The molecule has 118 valence electrons. The molecule has 0 aliphatic rings. The number of halogens is 1. The first-order valence-corrected chi connectivity index (χ1v) is 8.01. The average molecular weight is 335 g/mol. The van der Waals surface area contributed by atoms with Crippen molar-refractivity contribution in [2.24, 2.45) is 0 Å². The molecule has 0 aliphatic carbocycles. The molecule has 4 rings (SSSR count). The predicted molar refractivity (Wildman–Crippen MR) is 101 cm³/mol. The normalized spacial score (nSPS) is 11.6. The van der Waals surface area contributed by atoms with Crippen molar-refractivity contribution in [2.75, 3.05) is 7.11 Å². The molecule has 0 spiro atoms. The van der Waals surface area contributed by atoms with Gasteiger partial charge in [0.05, 0.1) is 7.11 Å². The molecular formula is C20H15ClN2O. The van der Waals surface area contributed by atoms with E-state index >= 15 is 0 Å². The molecule has 0 saturated carbocycles. The first-order chi connectivity index (χ1) is 11.7. The van der Waals surface area contributed by atoms with Gasteiger partial charge in [0.25, 0.3) is 0 Å². The van der Waals surface area contributed by atoms with Gasteiger partial charge in [-0.15, -0.1) is 0 Å². The Kier molecular flexibility index (Phi) is 3.71. The van der Waals surface area contributed by atoms with Gasteiger partial charge in [-0.3, -0.25) is 0 Å². The van der Waals surface area contributed by atoms with E-state index in [1.807, 2.05) is 36.4 Å². The van der Waals surface area contributed by atoms with Crippen LogP contribution in [0.1, 0.15) is 11.1 Å². The molecular weight excluding hydrogens is 320 g/mol.